The van der Waals surface area contributed by atoms with Crippen LogP contribution in [0.2, 0.25) is 5.02 Å². The van der Waals surface area contributed by atoms with Crippen LogP contribution in [-0.4, -0.2) is 11.7 Å². The number of aliphatic hydroxyl groups is 1. The van der Waals surface area contributed by atoms with E-state index in [1.165, 1.54) is 33.5 Å². The highest BCUT2D eigenvalue weighted by Crippen LogP contribution is 2.39. The van der Waals surface area contributed by atoms with Crippen LogP contribution in [0, 0.1) is 20.8 Å². The standard InChI is InChI=1S/C26H30ClNO/c1-18-16-19(2)25(20(3)17-18)28-26(22-11-13-23(27)14-12-22)24(10-7-15-29)21-8-5-4-6-9-21/h4-6,8-9,11-14,16-17,24,26,28-29H,7,10,15H2,1-3H3. The maximum Gasteiger partial charge on any atom is 0.0582 e. The van der Waals surface area contributed by atoms with Crippen LogP contribution in [0.5, 0.6) is 0 Å². The van der Waals surface area contributed by atoms with E-state index in [0.29, 0.717) is 0 Å². The summed E-state index contributed by atoms with van der Waals surface area (Å²) in [6, 6.07) is 23.2. The van der Waals surface area contributed by atoms with Gasteiger partial charge in [-0.1, -0.05) is 71.8 Å². The quantitative estimate of drug-likeness (QED) is 0.422. The van der Waals surface area contributed by atoms with E-state index in [9.17, 15) is 5.11 Å². The fraction of sp³-hybridized carbons (Fsp3) is 0.308. The minimum Gasteiger partial charge on any atom is -0.396 e. The Morgan fingerprint density at radius 3 is 2.07 bits per heavy atom. The fourth-order valence-electron chi connectivity index (χ4n) is 4.19. The third kappa shape index (κ3) is 5.41. The molecular formula is C26H30ClNO. The van der Waals surface area contributed by atoms with E-state index in [-0.39, 0.29) is 18.6 Å². The molecule has 0 aliphatic carbocycles. The van der Waals surface area contributed by atoms with E-state index in [1.54, 1.807) is 0 Å². The van der Waals surface area contributed by atoms with Gasteiger partial charge in [0.05, 0.1) is 6.04 Å². The van der Waals surface area contributed by atoms with Gasteiger partial charge in [-0.2, -0.15) is 0 Å². The van der Waals surface area contributed by atoms with Gasteiger partial charge in [0, 0.05) is 23.2 Å². The van der Waals surface area contributed by atoms with Crippen molar-refractivity contribution in [3.63, 3.8) is 0 Å². The average Bonchev–Trinajstić information content (AvgIpc) is 2.70. The summed E-state index contributed by atoms with van der Waals surface area (Å²) in [7, 11) is 0. The molecule has 0 bridgehead atoms. The van der Waals surface area contributed by atoms with E-state index in [0.717, 1.165) is 17.9 Å². The molecule has 29 heavy (non-hydrogen) atoms. The Bertz CT molecular complexity index is 898. The molecule has 0 radical (unpaired) electrons. The summed E-state index contributed by atoms with van der Waals surface area (Å²) in [5, 5.41) is 14.1. The van der Waals surface area contributed by atoms with Gasteiger partial charge in [-0.05, 0) is 68.0 Å². The third-order valence-corrected chi connectivity index (χ3v) is 5.76. The first-order valence-corrected chi connectivity index (χ1v) is 10.6. The minimum atomic E-state index is 0.0707. The first-order chi connectivity index (χ1) is 14.0. The van der Waals surface area contributed by atoms with Gasteiger partial charge in [-0.25, -0.2) is 0 Å². The lowest BCUT2D eigenvalue weighted by Gasteiger charge is -2.31. The lowest BCUT2D eigenvalue weighted by atomic mass is 9.83. The number of nitrogens with one attached hydrogen (secondary N) is 1. The highest BCUT2D eigenvalue weighted by molar-refractivity contribution is 6.30. The molecule has 0 aliphatic rings. The lowest BCUT2D eigenvalue weighted by Crippen LogP contribution is -2.21. The number of hydrogen-bond acceptors (Lipinski definition) is 2. The molecule has 3 aromatic rings. The normalized spacial score (nSPS) is 13.1. The van der Waals surface area contributed by atoms with E-state index in [1.807, 2.05) is 18.2 Å². The van der Waals surface area contributed by atoms with Crippen molar-refractivity contribution in [3.05, 3.63) is 99.6 Å². The molecule has 152 valence electrons. The zero-order chi connectivity index (χ0) is 20.8. The molecule has 3 rings (SSSR count). The Morgan fingerprint density at radius 2 is 1.48 bits per heavy atom. The van der Waals surface area contributed by atoms with Crippen LogP contribution in [0.15, 0.2) is 66.7 Å². The van der Waals surface area contributed by atoms with Crippen molar-refractivity contribution in [1.29, 1.82) is 0 Å². The van der Waals surface area contributed by atoms with E-state index < -0.39 is 0 Å². The Kier molecular flexibility index (Phi) is 7.35. The van der Waals surface area contributed by atoms with Crippen LogP contribution in [0.1, 0.15) is 52.6 Å². The number of halogens is 1. The summed E-state index contributed by atoms with van der Waals surface area (Å²) in [4.78, 5) is 0. The van der Waals surface area contributed by atoms with Gasteiger partial charge in [0.1, 0.15) is 0 Å². The zero-order valence-corrected chi connectivity index (χ0v) is 18.2. The molecule has 0 fully saturated rings. The van der Waals surface area contributed by atoms with Crippen molar-refractivity contribution >= 4 is 17.3 Å². The predicted molar refractivity (Wildman–Crippen MR) is 124 cm³/mol. The molecule has 0 saturated heterocycles. The van der Waals surface area contributed by atoms with Crippen LogP contribution < -0.4 is 5.32 Å². The van der Waals surface area contributed by atoms with Gasteiger partial charge in [0.15, 0.2) is 0 Å². The number of aryl methyl sites for hydroxylation is 3. The molecule has 0 heterocycles. The van der Waals surface area contributed by atoms with Gasteiger partial charge < -0.3 is 10.4 Å². The maximum absolute atomic E-state index is 9.52. The molecule has 0 amide bonds. The molecule has 2 atom stereocenters. The van der Waals surface area contributed by atoms with Crippen molar-refractivity contribution in [1.82, 2.24) is 0 Å². The number of rotatable bonds is 8. The Hall–Kier alpha value is -2.29. The highest BCUT2D eigenvalue weighted by Gasteiger charge is 2.25. The van der Waals surface area contributed by atoms with Crippen LogP contribution >= 0.6 is 11.6 Å². The second-order valence-corrected chi connectivity index (χ2v) is 8.27. The summed E-state index contributed by atoms with van der Waals surface area (Å²) in [5.41, 5.74) is 7.41. The molecule has 0 aliphatic heterocycles. The van der Waals surface area contributed by atoms with E-state index in [4.69, 9.17) is 11.6 Å². The zero-order valence-electron chi connectivity index (χ0n) is 17.5. The van der Waals surface area contributed by atoms with Crippen molar-refractivity contribution in [2.45, 2.75) is 45.6 Å². The van der Waals surface area contributed by atoms with Crippen molar-refractivity contribution in [2.24, 2.45) is 0 Å². The molecule has 2 unspecified atom stereocenters. The second kappa shape index (κ2) is 9.96. The predicted octanol–water partition coefficient (Wildman–Crippen LogP) is 6.97. The molecule has 2 nitrogen and oxygen atoms in total. The highest BCUT2D eigenvalue weighted by atomic mass is 35.5. The van der Waals surface area contributed by atoms with Crippen LogP contribution in [-0.2, 0) is 0 Å². The van der Waals surface area contributed by atoms with Gasteiger partial charge in [0.2, 0.25) is 0 Å². The fourth-order valence-corrected chi connectivity index (χ4v) is 4.31. The van der Waals surface area contributed by atoms with Gasteiger partial charge in [0.25, 0.3) is 0 Å². The molecule has 0 spiro atoms. The van der Waals surface area contributed by atoms with Crippen LogP contribution in [0.4, 0.5) is 5.69 Å². The van der Waals surface area contributed by atoms with E-state index >= 15 is 0 Å². The molecule has 3 aromatic carbocycles. The average molecular weight is 408 g/mol. The third-order valence-electron chi connectivity index (χ3n) is 5.51. The Balaban J connectivity index is 2.07. The lowest BCUT2D eigenvalue weighted by molar-refractivity contribution is 0.277. The summed E-state index contributed by atoms with van der Waals surface area (Å²) >= 11 is 6.17. The smallest absolute Gasteiger partial charge is 0.0582 e. The first-order valence-electron chi connectivity index (χ1n) is 10.2. The maximum atomic E-state index is 9.52. The van der Waals surface area contributed by atoms with Crippen molar-refractivity contribution < 1.29 is 5.11 Å². The Labute approximate surface area is 179 Å². The molecule has 0 aromatic heterocycles. The van der Waals surface area contributed by atoms with Crippen molar-refractivity contribution in [2.75, 3.05) is 11.9 Å². The SMILES string of the molecule is Cc1cc(C)c(NC(c2ccc(Cl)cc2)C(CCCO)c2ccccc2)c(C)c1. The summed E-state index contributed by atoms with van der Waals surface area (Å²) in [5.74, 6) is 0.227. The van der Waals surface area contributed by atoms with Crippen LogP contribution in [0.3, 0.4) is 0 Å². The largest absolute Gasteiger partial charge is 0.396 e. The van der Waals surface area contributed by atoms with E-state index in [2.05, 4.69) is 74.6 Å². The molecular weight excluding hydrogens is 378 g/mol. The van der Waals surface area contributed by atoms with Crippen LogP contribution in [0.25, 0.3) is 0 Å². The Morgan fingerprint density at radius 1 is 0.862 bits per heavy atom. The van der Waals surface area contributed by atoms with Gasteiger partial charge in [-0.3, -0.25) is 0 Å². The number of aliphatic hydroxyl groups excluding tert-OH is 1. The summed E-state index contributed by atoms with van der Waals surface area (Å²) in [6.07, 6.45) is 1.65. The van der Waals surface area contributed by atoms with Gasteiger partial charge >= 0.3 is 0 Å². The molecule has 2 N–H and O–H groups in total. The van der Waals surface area contributed by atoms with Crippen molar-refractivity contribution in [3.8, 4) is 0 Å². The molecule has 3 heteroatoms. The summed E-state index contributed by atoms with van der Waals surface area (Å²) < 4.78 is 0. The monoisotopic (exact) mass is 407 g/mol. The minimum absolute atomic E-state index is 0.0707. The first kappa shape index (κ1) is 21.4. The number of hydrogen-bond donors (Lipinski definition) is 2. The number of benzene rings is 3. The topological polar surface area (TPSA) is 32.3 Å². The van der Waals surface area contributed by atoms with Gasteiger partial charge in [-0.15, -0.1) is 0 Å². The molecule has 0 saturated carbocycles. The summed E-state index contributed by atoms with van der Waals surface area (Å²) in [6.45, 7) is 6.65. The number of anilines is 1. The second-order valence-electron chi connectivity index (χ2n) is 7.83.